The van der Waals surface area contributed by atoms with Gasteiger partial charge in [0.15, 0.2) is 11.4 Å². The van der Waals surface area contributed by atoms with Crippen LogP contribution >= 0.6 is 15.9 Å². The maximum Gasteiger partial charge on any atom is 0.315 e. The number of hydrogen-bond acceptors (Lipinski definition) is 4. The van der Waals surface area contributed by atoms with Crippen molar-refractivity contribution in [2.45, 2.75) is 13.5 Å². The van der Waals surface area contributed by atoms with Crippen molar-refractivity contribution in [1.82, 2.24) is 14.8 Å². The number of nitrogens with zero attached hydrogens (tertiary/aromatic N) is 4. The zero-order chi connectivity index (χ0) is 17.3. The number of carbonyl (C=O) groups is 1. The van der Waals surface area contributed by atoms with Crippen LogP contribution in [0.2, 0.25) is 0 Å². The van der Waals surface area contributed by atoms with E-state index >= 15 is 0 Å². The molecule has 8 heteroatoms. The Bertz CT molecular complexity index is 970. The summed E-state index contributed by atoms with van der Waals surface area (Å²) in [5, 5.41) is 25.3. The van der Waals surface area contributed by atoms with Crippen molar-refractivity contribution in [2.24, 2.45) is 10.2 Å². The number of aromatic nitrogens is 3. The molecule has 0 saturated heterocycles. The number of azo groups is 1. The van der Waals surface area contributed by atoms with E-state index in [0.717, 1.165) is 15.7 Å². The molecule has 2 heterocycles. The molecule has 0 unspecified atom stereocenters. The predicted molar refractivity (Wildman–Crippen MR) is 93.7 cm³/mol. The summed E-state index contributed by atoms with van der Waals surface area (Å²) in [4.78, 5) is 12.0. The minimum Gasteiger partial charge on any atom is -0.493 e. The standard InChI is InChI=1S/C16H14BrN5O2/c1-3-6-22-13-5-4-10(17)8-11(13)14(16(22)24)20-21-15(23)12-7-9(2)18-19-12/h3-5,7-8,24H,1,6H2,2H3,(H,18,19). The van der Waals surface area contributed by atoms with Crippen LogP contribution in [0, 0.1) is 6.92 Å². The van der Waals surface area contributed by atoms with Crippen molar-refractivity contribution >= 4 is 38.4 Å². The number of aryl methyl sites for hydroxylation is 1. The molecule has 0 aliphatic rings. The van der Waals surface area contributed by atoms with Gasteiger partial charge in [-0.05, 0) is 31.2 Å². The molecule has 24 heavy (non-hydrogen) atoms. The Hall–Kier alpha value is -2.74. The lowest BCUT2D eigenvalue weighted by Gasteiger charge is -2.02. The number of fused-ring (bicyclic) bond motifs is 1. The summed E-state index contributed by atoms with van der Waals surface area (Å²) < 4.78 is 2.48. The number of carbonyl (C=O) groups excluding carboxylic acids is 1. The zero-order valence-electron chi connectivity index (χ0n) is 12.8. The summed E-state index contributed by atoms with van der Waals surface area (Å²) in [6.07, 6.45) is 1.67. The molecule has 0 bridgehead atoms. The quantitative estimate of drug-likeness (QED) is 0.517. The number of nitrogens with one attached hydrogen (secondary N) is 1. The van der Waals surface area contributed by atoms with E-state index in [1.54, 1.807) is 23.6 Å². The van der Waals surface area contributed by atoms with Crippen LogP contribution in [-0.4, -0.2) is 25.8 Å². The lowest BCUT2D eigenvalue weighted by atomic mass is 10.2. The van der Waals surface area contributed by atoms with E-state index in [1.807, 2.05) is 18.2 Å². The highest BCUT2D eigenvalue weighted by Gasteiger charge is 2.17. The second-order valence-electron chi connectivity index (χ2n) is 5.17. The first kappa shape index (κ1) is 16.1. The molecule has 0 spiro atoms. The molecular formula is C16H14BrN5O2. The van der Waals surface area contributed by atoms with Crippen molar-refractivity contribution < 1.29 is 9.90 Å². The van der Waals surface area contributed by atoms with Crippen molar-refractivity contribution in [3.05, 3.63) is 52.8 Å². The second kappa shape index (κ2) is 6.40. The zero-order valence-corrected chi connectivity index (χ0v) is 14.4. The molecule has 0 radical (unpaired) electrons. The molecule has 122 valence electrons. The van der Waals surface area contributed by atoms with E-state index in [0.29, 0.717) is 11.9 Å². The van der Waals surface area contributed by atoms with Gasteiger partial charge >= 0.3 is 5.91 Å². The van der Waals surface area contributed by atoms with Crippen LogP contribution in [-0.2, 0) is 6.54 Å². The Balaban J connectivity index is 2.06. The maximum atomic E-state index is 12.0. The summed E-state index contributed by atoms with van der Waals surface area (Å²) in [5.74, 6) is -0.656. The molecule has 3 rings (SSSR count). The molecule has 7 nitrogen and oxygen atoms in total. The third-order valence-electron chi connectivity index (χ3n) is 3.45. The van der Waals surface area contributed by atoms with E-state index in [9.17, 15) is 9.90 Å². The van der Waals surface area contributed by atoms with Crippen LogP contribution in [0.15, 0.2) is 51.6 Å². The summed E-state index contributed by atoms with van der Waals surface area (Å²) in [6.45, 7) is 5.88. The molecule has 1 amide bonds. The molecule has 1 aromatic carbocycles. The van der Waals surface area contributed by atoms with Crippen molar-refractivity contribution in [3.8, 4) is 5.88 Å². The minimum absolute atomic E-state index is 0.0715. The lowest BCUT2D eigenvalue weighted by molar-refractivity contribution is 0.0990. The van der Waals surface area contributed by atoms with Gasteiger partial charge in [-0.3, -0.25) is 9.89 Å². The first-order valence-corrected chi connectivity index (χ1v) is 7.90. The summed E-state index contributed by atoms with van der Waals surface area (Å²) >= 11 is 3.39. The summed E-state index contributed by atoms with van der Waals surface area (Å²) in [5.41, 5.74) is 1.93. The summed E-state index contributed by atoms with van der Waals surface area (Å²) in [7, 11) is 0. The van der Waals surface area contributed by atoms with E-state index in [1.165, 1.54) is 0 Å². The number of H-pyrrole nitrogens is 1. The van der Waals surface area contributed by atoms with Gasteiger partial charge in [-0.15, -0.1) is 16.8 Å². The lowest BCUT2D eigenvalue weighted by Crippen LogP contribution is -1.94. The number of aromatic hydroxyl groups is 1. The molecule has 0 aliphatic heterocycles. The van der Waals surface area contributed by atoms with E-state index in [4.69, 9.17) is 0 Å². The van der Waals surface area contributed by atoms with Gasteiger partial charge < -0.3 is 9.67 Å². The van der Waals surface area contributed by atoms with Gasteiger partial charge in [0, 0.05) is 22.1 Å². The molecule has 0 atom stereocenters. The van der Waals surface area contributed by atoms with Crippen LogP contribution in [0.5, 0.6) is 5.88 Å². The topological polar surface area (TPSA) is 95.6 Å². The SMILES string of the molecule is C=CCn1c(O)c(N=NC(=O)c2cc(C)[nH]n2)c2cc(Br)ccc21. The monoisotopic (exact) mass is 387 g/mol. The van der Waals surface area contributed by atoms with Crippen LogP contribution in [0.3, 0.4) is 0 Å². The highest BCUT2D eigenvalue weighted by atomic mass is 79.9. The Labute approximate surface area is 145 Å². The molecule has 3 aromatic rings. The van der Waals surface area contributed by atoms with Crippen molar-refractivity contribution in [2.75, 3.05) is 0 Å². The minimum atomic E-state index is -0.585. The fraction of sp³-hybridized carbons (Fsp3) is 0.125. The normalized spacial score (nSPS) is 11.4. The smallest absolute Gasteiger partial charge is 0.315 e. The van der Waals surface area contributed by atoms with Gasteiger partial charge in [0.05, 0.1) is 5.52 Å². The number of aromatic amines is 1. The van der Waals surface area contributed by atoms with Crippen molar-refractivity contribution in [3.63, 3.8) is 0 Å². The highest BCUT2D eigenvalue weighted by molar-refractivity contribution is 9.10. The van der Waals surface area contributed by atoms with Crippen LogP contribution in [0.1, 0.15) is 16.2 Å². The van der Waals surface area contributed by atoms with Gasteiger partial charge in [0.25, 0.3) is 0 Å². The van der Waals surface area contributed by atoms with E-state index in [-0.39, 0.29) is 17.3 Å². The Morgan fingerprint density at radius 2 is 2.29 bits per heavy atom. The maximum absolute atomic E-state index is 12.0. The van der Waals surface area contributed by atoms with Gasteiger partial charge in [0.2, 0.25) is 5.88 Å². The van der Waals surface area contributed by atoms with Crippen LogP contribution in [0.4, 0.5) is 5.69 Å². The Morgan fingerprint density at radius 1 is 1.50 bits per heavy atom. The predicted octanol–water partition coefficient (Wildman–Crippen LogP) is 4.25. The molecule has 0 aliphatic carbocycles. The molecule has 2 N–H and O–H groups in total. The van der Waals surface area contributed by atoms with Gasteiger partial charge in [-0.2, -0.15) is 5.10 Å². The number of halogens is 1. The van der Waals surface area contributed by atoms with Gasteiger partial charge in [0.1, 0.15) is 0 Å². The summed E-state index contributed by atoms with van der Waals surface area (Å²) in [6, 6.07) is 7.10. The van der Waals surface area contributed by atoms with E-state index < -0.39 is 5.91 Å². The number of rotatable bonds is 4. The second-order valence-corrected chi connectivity index (χ2v) is 6.09. The van der Waals surface area contributed by atoms with Gasteiger partial charge in [-0.25, -0.2) is 0 Å². The van der Waals surface area contributed by atoms with E-state index in [2.05, 4.69) is 42.9 Å². The molecule has 2 aromatic heterocycles. The molecular weight excluding hydrogens is 374 g/mol. The molecule has 0 fully saturated rings. The average molecular weight is 388 g/mol. The number of allylic oxidation sites excluding steroid dienone is 1. The first-order valence-electron chi connectivity index (χ1n) is 7.11. The van der Waals surface area contributed by atoms with Crippen molar-refractivity contribution in [1.29, 1.82) is 0 Å². The number of hydrogen-bond donors (Lipinski definition) is 2. The van der Waals surface area contributed by atoms with Gasteiger partial charge in [-0.1, -0.05) is 22.0 Å². The fourth-order valence-electron chi connectivity index (χ4n) is 2.38. The third kappa shape index (κ3) is 2.88. The van der Waals surface area contributed by atoms with Crippen LogP contribution < -0.4 is 0 Å². The largest absolute Gasteiger partial charge is 0.493 e. The number of amides is 1. The first-order chi connectivity index (χ1) is 11.5. The number of benzene rings is 1. The highest BCUT2D eigenvalue weighted by Crippen LogP contribution is 2.40. The third-order valence-corrected chi connectivity index (χ3v) is 3.94. The molecule has 0 saturated carbocycles. The van der Waals surface area contributed by atoms with Crippen LogP contribution in [0.25, 0.3) is 10.9 Å². The fourth-order valence-corrected chi connectivity index (χ4v) is 2.74. The average Bonchev–Trinajstić information content (AvgIpc) is 3.09. The Morgan fingerprint density at radius 3 is 2.96 bits per heavy atom. The Kier molecular flexibility index (Phi) is 4.30.